The van der Waals surface area contributed by atoms with Crippen molar-refractivity contribution in [3.05, 3.63) is 6.07 Å². The van der Waals surface area contributed by atoms with Crippen LogP contribution in [0.25, 0.3) is 0 Å². The molecule has 0 aromatic carbocycles. The Morgan fingerprint density at radius 3 is 2.65 bits per heavy atom. The van der Waals surface area contributed by atoms with Gasteiger partial charge in [0.1, 0.15) is 11.6 Å². The summed E-state index contributed by atoms with van der Waals surface area (Å²) in [5, 5.41) is 2.81. The van der Waals surface area contributed by atoms with Gasteiger partial charge in [-0.3, -0.25) is 0 Å². The van der Waals surface area contributed by atoms with Gasteiger partial charge in [-0.15, -0.1) is 0 Å². The number of nitrogens with two attached hydrogens (primary N) is 2. The van der Waals surface area contributed by atoms with E-state index in [9.17, 15) is 8.42 Å². The zero-order chi connectivity index (χ0) is 12.9. The number of aromatic nitrogens is 2. The Bertz CT molecular complexity index is 455. The molecule has 0 saturated heterocycles. The number of sulfonamides is 1. The Balaban J connectivity index is 2.51. The Hall–Kier alpha value is -1.61. The van der Waals surface area contributed by atoms with Gasteiger partial charge >= 0.3 is 0 Å². The van der Waals surface area contributed by atoms with Crippen molar-refractivity contribution >= 4 is 27.6 Å². The number of nitrogens with one attached hydrogen (secondary N) is 2. The van der Waals surface area contributed by atoms with Crippen LogP contribution >= 0.6 is 0 Å². The predicted octanol–water partition coefficient (Wildman–Crippen LogP) is -1.01. The Morgan fingerprint density at radius 2 is 2.06 bits per heavy atom. The fraction of sp³-hybridized carbons (Fsp3) is 0.500. The highest BCUT2D eigenvalue weighted by molar-refractivity contribution is 7.89. The van der Waals surface area contributed by atoms with Gasteiger partial charge in [0.2, 0.25) is 16.0 Å². The van der Waals surface area contributed by atoms with Crippen LogP contribution in [0.4, 0.5) is 17.6 Å². The van der Waals surface area contributed by atoms with E-state index in [2.05, 4.69) is 20.0 Å². The largest absolute Gasteiger partial charge is 0.383 e. The molecule has 0 bridgehead atoms. The summed E-state index contributed by atoms with van der Waals surface area (Å²) in [5.41, 5.74) is 10.9. The molecule has 1 aromatic rings. The van der Waals surface area contributed by atoms with E-state index in [1.54, 1.807) is 6.92 Å². The van der Waals surface area contributed by atoms with Crippen LogP contribution in [0.5, 0.6) is 0 Å². The van der Waals surface area contributed by atoms with Gasteiger partial charge in [0, 0.05) is 19.2 Å². The van der Waals surface area contributed by atoms with E-state index >= 15 is 0 Å². The average molecular weight is 260 g/mol. The van der Waals surface area contributed by atoms with E-state index < -0.39 is 10.0 Å². The number of hydrogen-bond donors (Lipinski definition) is 4. The van der Waals surface area contributed by atoms with E-state index in [4.69, 9.17) is 11.5 Å². The summed E-state index contributed by atoms with van der Waals surface area (Å²) < 4.78 is 25.0. The topological polar surface area (TPSA) is 136 Å². The zero-order valence-corrected chi connectivity index (χ0v) is 10.3. The van der Waals surface area contributed by atoms with Gasteiger partial charge in [0.15, 0.2) is 0 Å². The highest BCUT2D eigenvalue weighted by Crippen LogP contribution is 2.08. The second-order valence-electron chi connectivity index (χ2n) is 3.28. The highest BCUT2D eigenvalue weighted by Gasteiger charge is 2.08. The summed E-state index contributed by atoms with van der Waals surface area (Å²) >= 11 is 0. The maximum absolute atomic E-state index is 11.3. The van der Waals surface area contributed by atoms with Crippen molar-refractivity contribution < 1.29 is 8.42 Å². The summed E-state index contributed by atoms with van der Waals surface area (Å²) in [6.45, 7) is 2.30. The molecule has 6 N–H and O–H groups in total. The third kappa shape index (κ3) is 4.83. The molecule has 0 unspecified atom stereocenters. The molecule has 0 amide bonds. The Morgan fingerprint density at radius 1 is 1.35 bits per heavy atom. The molecule has 0 fully saturated rings. The highest BCUT2D eigenvalue weighted by atomic mass is 32.2. The quantitative estimate of drug-likeness (QED) is 0.514. The number of hydrogen-bond acceptors (Lipinski definition) is 7. The summed E-state index contributed by atoms with van der Waals surface area (Å²) in [5.74, 6) is 0.628. The first-order chi connectivity index (χ1) is 7.93. The third-order valence-electron chi connectivity index (χ3n) is 1.80. The van der Waals surface area contributed by atoms with Crippen LogP contribution < -0.4 is 21.5 Å². The molecule has 8 nitrogen and oxygen atoms in total. The normalized spacial score (nSPS) is 11.4. The van der Waals surface area contributed by atoms with Gasteiger partial charge in [-0.2, -0.15) is 9.97 Å². The molecule has 0 saturated carbocycles. The summed E-state index contributed by atoms with van der Waals surface area (Å²) in [4.78, 5) is 7.55. The molecule has 0 atom stereocenters. The van der Waals surface area contributed by atoms with Crippen LogP contribution in [-0.4, -0.2) is 37.2 Å². The lowest BCUT2D eigenvalue weighted by Gasteiger charge is -2.07. The Labute approximate surface area is 99.9 Å². The minimum absolute atomic E-state index is 0.0436. The Kier molecular flexibility index (Phi) is 4.46. The van der Waals surface area contributed by atoms with Crippen molar-refractivity contribution in [2.45, 2.75) is 6.92 Å². The van der Waals surface area contributed by atoms with Crippen molar-refractivity contribution in [2.75, 3.05) is 35.6 Å². The smallest absolute Gasteiger partial charge is 0.223 e. The number of nitrogen functional groups attached to an aromatic ring is 2. The molecule has 1 aromatic heterocycles. The van der Waals surface area contributed by atoms with Crippen molar-refractivity contribution in [1.82, 2.24) is 14.7 Å². The average Bonchev–Trinajstić information content (AvgIpc) is 2.15. The first-order valence-electron chi connectivity index (χ1n) is 5.04. The molecule has 0 aliphatic carbocycles. The molecule has 1 heterocycles. The van der Waals surface area contributed by atoms with Crippen LogP contribution in [0.3, 0.4) is 0 Å². The standard InChI is InChI=1S/C8H16N6O2S/c1-2-12-17(15,16)4-3-11-7-5-6(9)13-8(10)14-7/h5,12H,2-4H2,1H3,(H5,9,10,11,13,14). The predicted molar refractivity (Wildman–Crippen MR) is 66.8 cm³/mol. The maximum Gasteiger partial charge on any atom is 0.223 e. The lowest BCUT2D eigenvalue weighted by Crippen LogP contribution is -2.29. The van der Waals surface area contributed by atoms with Crippen molar-refractivity contribution in [3.8, 4) is 0 Å². The van der Waals surface area contributed by atoms with Crippen LogP contribution in [0, 0.1) is 0 Å². The lowest BCUT2D eigenvalue weighted by atomic mass is 10.5. The zero-order valence-electron chi connectivity index (χ0n) is 9.47. The van der Waals surface area contributed by atoms with Gasteiger partial charge in [-0.25, -0.2) is 13.1 Å². The summed E-state index contributed by atoms with van der Waals surface area (Å²) in [6.07, 6.45) is 0. The SMILES string of the molecule is CCNS(=O)(=O)CCNc1cc(N)nc(N)n1. The first-order valence-corrected chi connectivity index (χ1v) is 6.69. The van der Waals surface area contributed by atoms with Crippen molar-refractivity contribution in [2.24, 2.45) is 0 Å². The van der Waals surface area contributed by atoms with Gasteiger partial charge in [-0.05, 0) is 0 Å². The molecule has 1 rings (SSSR count). The number of nitrogens with zero attached hydrogens (tertiary/aromatic N) is 2. The van der Waals surface area contributed by atoms with Gasteiger partial charge in [0.25, 0.3) is 0 Å². The number of rotatable bonds is 6. The van der Waals surface area contributed by atoms with E-state index in [1.807, 2.05) is 0 Å². The molecule has 0 radical (unpaired) electrons. The lowest BCUT2D eigenvalue weighted by molar-refractivity contribution is 0.584. The summed E-state index contributed by atoms with van der Waals surface area (Å²) in [6, 6.07) is 1.48. The van der Waals surface area contributed by atoms with E-state index in [-0.39, 0.29) is 24.1 Å². The van der Waals surface area contributed by atoms with Gasteiger partial charge in [0.05, 0.1) is 5.75 Å². The molecule has 0 spiro atoms. The van der Waals surface area contributed by atoms with Gasteiger partial charge in [-0.1, -0.05) is 6.92 Å². The van der Waals surface area contributed by atoms with Gasteiger partial charge < -0.3 is 16.8 Å². The number of anilines is 3. The van der Waals surface area contributed by atoms with E-state index in [0.717, 1.165) is 0 Å². The molecular formula is C8H16N6O2S. The maximum atomic E-state index is 11.3. The minimum atomic E-state index is -3.24. The van der Waals surface area contributed by atoms with Crippen LogP contribution in [0.1, 0.15) is 6.92 Å². The van der Waals surface area contributed by atoms with Crippen LogP contribution in [0.15, 0.2) is 6.07 Å². The van der Waals surface area contributed by atoms with Crippen LogP contribution in [0.2, 0.25) is 0 Å². The fourth-order valence-electron chi connectivity index (χ4n) is 1.18. The molecule has 17 heavy (non-hydrogen) atoms. The summed E-state index contributed by atoms with van der Waals surface area (Å²) in [7, 11) is -3.24. The second-order valence-corrected chi connectivity index (χ2v) is 5.21. The van der Waals surface area contributed by atoms with E-state index in [1.165, 1.54) is 6.07 Å². The van der Waals surface area contributed by atoms with Crippen molar-refractivity contribution in [3.63, 3.8) is 0 Å². The van der Waals surface area contributed by atoms with Crippen molar-refractivity contribution in [1.29, 1.82) is 0 Å². The van der Waals surface area contributed by atoms with Crippen LogP contribution in [-0.2, 0) is 10.0 Å². The molecule has 0 aliphatic heterocycles. The van der Waals surface area contributed by atoms with E-state index in [0.29, 0.717) is 12.4 Å². The second kappa shape index (κ2) is 5.64. The third-order valence-corrected chi connectivity index (χ3v) is 3.27. The molecule has 9 heteroatoms. The molecule has 96 valence electrons. The minimum Gasteiger partial charge on any atom is -0.383 e. The molecule has 0 aliphatic rings. The monoisotopic (exact) mass is 260 g/mol. The first kappa shape index (κ1) is 13.5. The fourth-order valence-corrected chi connectivity index (χ4v) is 2.14. The molecular weight excluding hydrogens is 244 g/mol.